The van der Waals surface area contributed by atoms with Gasteiger partial charge in [-0.2, -0.15) is 0 Å². The lowest BCUT2D eigenvalue weighted by atomic mass is 10.1. The van der Waals surface area contributed by atoms with Crippen LogP contribution in [-0.4, -0.2) is 58.1 Å². The summed E-state index contributed by atoms with van der Waals surface area (Å²) in [6, 6.07) is 14.6. The number of piperazine rings is 1. The summed E-state index contributed by atoms with van der Waals surface area (Å²) >= 11 is 7.46. The van der Waals surface area contributed by atoms with E-state index in [1.165, 1.54) is 11.8 Å². The molecule has 3 heterocycles. The molecule has 1 aliphatic heterocycles. The van der Waals surface area contributed by atoms with Crippen molar-refractivity contribution in [2.24, 2.45) is 0 Å². The van der Waals surface area contributed by atoms with Gasteiger partial charge in [-0.25, -0.2) is 9.97 Å². The highest BCUT2D eigenvalue weighted by atomic mass is 35.5. The first-order valence-electron chi connectivity index (χ1n) is 10.6. The minimum atomic E-state index is -0.150. The number of rotatable bonds is 7. The number of carbonyl (C=O) groups is 2. The second-order valence-electron chi connectivity index (χ2n) is 7.64. The third kappa shape index (κ3) is 6.06. The molecule has 0 saturated carbocycles. The number of hydrogen-bond acceptors (Lipinski definition) is 7. The lowest BCUT2D eigenvalue weighted by Gasteiger charge is -2.40. The minimum Gasteiger partial charge on any atom is -0.467 e. The van der Waals surface area contributed by atoms with Crippen LogP contribution in [0.3, 0.4) is 0 Å². The molecule has 172 valence electrons. The molecule has 1 saturated heterocycles. The van der Waals surface area contributed by atoms with Gasteiger partial charge in [-0.15, -0.1) is 0 Å². The van der Waals surface area contributed by atoms with Gasteiger partial charge in [0.1, 0.15) is 16.7 Å². The van der Waals surface area contributed by atoms with E-state index >= 15 is 0 Å². The monoisotopic (exact) mass is 485 g/mol. The number of nitrogens with one attached hydrogen (secondary N) is 1. The van der Waals surface area contributed by atoms with Gasteiger partial charge in [0.25, 0.3) is 5.91 Å². The quantitative estimate of drug-likeness (QED) is 0.311. The zero-order chi connectivity index (χ0) is 23.2. The zero-order valence-corrected chi connectivity index (χ0v) is 19.7. The molecule has 1 aliphatic rings. The summed E-state index contributed by atoms with van der Waals surface area (Å²) in [5, 5.41) is 3.54. The number of thioether (sulfide) groups is 1. The molecule has 33 heavy (non-hydrogen) atoms. The van der Waals surface area contributed by atoms with Crippen molar-refractivity contribution in [1.82, 2.24) is 20.2 Å². The maximum atomic E-state index is 12.9. The molecule has 1 aromatic carbocycles. The Morgan fingerprint density at radius 3 is 2.73 bits per heavy atom. The summed E-state index contributed by atoms with van der Waals surface area (Å²) in [5.41, 5.74) is 0.687. The normalized spacial score (nSPS) is 16.0. The Hall–Kier alpha value is -3.04. The number of anilines is 1. The lowest BCUT2D eigenvalue weighted by Crippen LogP contribution is -2.54. The van der Waals surface area contributed by atoms with Gasteiger partial charge in [0.2, 0.25) is 5.91 Å². The molecule has 0 spiro atoms. The summed E-state index contributed by atoms with van der Waals surface area (Å²) < 4.78 is 5.21. The molecule has 2 amide bonds. The van der Waals surface area contributed by atoms with Gasteiger partial charge in [0.05, 0.1) is 18.6 Å². The van der Waals surface area contributed by atoms with Crippen molar-refractivity contribution in [1.29, 1.82) is 0 Å². The van der Waals surface area contributed by atoms with Crippen LogP contribution < -0.4 is 10.2 Å². The molecular formula is C23H24ClN5O3S. The molecule has 1 N–H and O–H groups in total. The van der Waals surface area contributed by atoms with Crippen LogP contribution in [0.15, 0.2) is 64.4 Å². The molecule has 10 heteroatoms. The predicted molar refractivity (Wildman–Crippen MR) is 127 cm³/mol. The maximum Gasteiger partial charge on any atom is 0.254 e. The standard InChI is InChI=1S/C23H24ClN5O3S/c1-16-14-28(9-10-29(16)22(31)17-6-3-2-4-7-17)20-12-19(24)26-23(27-20)33-15-21(30)25-13-18-8-5-11-32-18/h2-8,11-12,16H,9-10,13-15H2,1H3,(H,25,30). The highest BCUT2D eigenvalue weighted by molar-refractivity contribution is 7.99. The molecule has 0 aliphatic carbocycles. The van der Waals surface area contributed by atoms with E-state index in [2.05, 4.69) is 20.2 Å². The molecule has 3 aromatic rings. The first kappa shape index (κ1) is 23.1. The van der Waals surface area contributed by atoms with Crippen LogP contribution in [0.1, 0.15) is 23.0 Å². The van der Waals surface area contributed by atoms with Crippen molar-refractivity contribution in [3.05, 3.63) is 71.3 Å². The second-order valence-corrected chi connectivity index (χ2v) is 8.97. The van der Waals surface area contributed by atoms with Gasteiger partial charge in [-0.05, 0) is 31.2 Å². The van der Waals surface area contributed by atoms with E-state index in [1.807, 2.05) is 42.2 Å². The molecule has 1 fully saturated rings. The molecule has 1 atom stereocenters. The number of hydrogen-bond donors (Lipinski definition) is 1. The van der Waals surface area contributed by atoms with Crippen LogP contribution in [0.2, 0.25) is 5.15 Å². The van der Waals surface area contributed by atoms with Crippen molar-refractivity contribution in [2.45, 2.75) is 24.7 Å². The highest BCUT2D eigenvalue weighted by Crippen LogP contribution is 2.24. The van der Waals surface area contributed by atoms with Gasteiger partial charge >= 0.3 is 0 Å². The average molecular weight is 486 g/mol. The first-order valence-corrected chi connectivity index (χ1v) is 11.9. The second kappa shape index (κ2) is 10.7. The summed E-state index contributed by atoms with van der Waals surface area (Å²) in [4.78, 5) is 37.8. The molecule has 1 unspecified atom stereocenters. The van der Waals surface area contributed by atoms with E-state index in [0.29, 0.717) is 53.6 Å². The molecule has 2 aromatic heterocycles. The Labute approximate surface area is 201 Å². The van der Waals surface area contributed by atoms with Gasteiger partial charge in [-0.3, -0.25) is 9.59 Å². The fourth-order valence-corrected chi connectivity index (χ4v) is 4.52. The topological polar surface area (TPSA) is 91.6 Å². The van der Waals surface area contributed by atoms with Crippen molar-refractivity contribution in [2.75, 3.05) is 30.3 Å². The van der Waals surface area contributed by atoms with E-state index < -0.39 is 0 Å². The number of aromatic nitrogens is 2. The van der Waals surface area contributed by atoms with Gasteiger partial charge in [-0.1, -0.05) is 41.6 Å². The van der Waals surface area contributed by atoms with E-state index in [4.69, 9.17) is 16.0 Å². The summed E-state index contributed by atoms with van der Waals surface area (Å²) in [6.07, 6.45) is 1.57. The fourth-order valence-electron chi connectivity index (χ4n) is 3.61. The SMILES string of the molecule is CC1CN(c2cc(Cl)nc(SCC(=O)NCc3ccco3)n2)CCN1C(=O)c1ccccc1. The minimum absolute atomic E-state index is 0.00341. The molecule has 0 bridgehead atoms. The van der Waals surface area contributed by atoms with Gasteiger partial charge in [0.15, 0.2) is 5.16 Å². The van der Waals surface area contributed by atoms with Crippen molar-refractivity contribution in [3.8, 4) is 0 Å². The largest absolute Gasteiger partial charge is 0.467 e. The smallest absolute Gasteiger partial charge is 0.254 e. The molecular weight excluding hydrogens is 462 g/mol. The van der Waals surface area contributed by atoms with Crippen molar-refractivity contribution in [3.63, 3.8) is 0 Å². The first-order chi connectivity index (χ1) is 16.0. The molecule has 4 rings (SSSR count). The number of carbonyl (C=O) groups excluding carboxylic acids is 2. The summed E-state index contributed by atoms with van der Waals surface area (Å²) in [6.45, 7) is 4.19. The van der Waals surface area contributed by atoms with E-state index in [-0.39, 0.29) is 23.6 Å². The Kier molecular flexibility index (Phi) is 7.51. The zero-order valence-electron chi connectivity index (χ0n) is 18.1. The van der Waals surface area contributed by atoms with Crippen LogP contribution in [0, 0.1) is 0 Å². The Bertz CT molecular complexity index is 1100. The number of amides is 2. The lowest BCUT2D eigenvalue weighted by molar-refractivity contribution is -0.118. The van der Waals surface area contributed by atoms with Crippen LogP contribution >= 0.6 is 23.4 Å². The predicted octanol–water partition coefficient (Wildman–Crippen LogP) is 3.48. The van der Waals surface area contributed by atoms with E-state index in [9.17, 15) is 9.59 Å². The Morgan fingerprint density at radius 2 is 2.00 bits per heavy atom. The Morgan fingerprint density at radius 1 is 1.18 bits per heavy atom. The highest BCUT2D eigenvalue weighted by Gasteiger charge is 2.29. The summed E-state index contributed by atoms with van der Waals surface area (Å²) in [5.74, 6) is 1.42. The number of halogens is 1. The van der Waals surface area contributed by atoms with E-state index in [0.717, 1.165) is 0 Å². The number of furan rings is 1. The fraction of sp³-hybridized carbons (Fsp3) is 0.304. The van der Waals surface area contributed by atoms with Crippen LogP contribution in [-0.2, 0) is 11.3 Å². The van der Waals surface area contributed by atoms with Crippen LogP contribution in [0.4, 0.5) is 5.82 Å². The van der Waals surface area contributed by atoms with Crippen molar-refractivity contribution >= 4 is 41.0 Å². The van der Waals surface area contributed by atoms with Gasteiger partial charge < -0.3 is 19.5 Å². The average Bonchev–Trinajstić information content (AvgIpc) is 3.35. The van der Waals surface area contributed by atoms with Crippen molar-refractivity contribution < 1.29 is 14.0 Å². The van der Waals surface area contributed by atoms with Crippen LogP contribution in [0.25, 0.3) is 0 Å². The molecule has 8 nitrogen and oxygen atoms in total. The van der Waals surface area contributed by atoms with E-state index in [1.54, 1.807) is 24.5 Å². The summed E-state index contributed by atoms with van der Waals surface area (Å²) in [7, 11) is 0. The number of benzene rings is 1. The van der Waals surface area contributed by atoms with Gasteiger partial charge in [0, 0.05) is 37.3 Å². The van der Waals surface area contributed by atoms with Crippen LogP contribution in [0.5, 0.6) is 0 Å². The number of nitrogens with zero attached hydrogens (tertiary/aromatic N) is 4. The Balaban J connectivity index is 1.34. The third-order valence-corrected chi connectivity index (χ3v) is 6.31. The maximum absolute atomic E-state index is 12.9. The molecule has 0 radical (unpaired) electrons. The third-order valence-electron chi connectivity index (χ3n) is 5.27.